The number of aliphatic imine (C=N–C) groups is 1. The standard InChI is InChI=1S/C9H4Cl2F3N4/c1-3-4(10)2-18(9(14)15-3)7-5(11)6(12)16-8(13)17-7/h2H,1H3. The van der Waals surface area contributed by atoms with Crippen molar-refractivity contribution < 1.29 is 13.2 Å². The third-order valence-electron chi connectivity index (χ3n) is 2.04. The maximum absolute atomic E-state index is 13.6. The minimum absolute atomic E-state index is 0.0897. The number of rotatable bonds is 1. The number of hydrogen-bond acceptors (Lipinski definition) is 4. The highest BCUT2D eigenvalue weighted by atomic mass is 35.5. The first-order chi connectivity index (χ1) is 8.40. The van der Waals surface area contributed by atoms with Crippen molar-refractivity contribution in [2.45, 2.75) is 6.92 Å². The molecular formula is C9H4Cl2F3N4. The number of aromatic nitrogens is 2. The minimum atomic E-state index is -1.38. The number of halogens is 5. The van der Waals surface area contributed by atoms with E-state index in [0.29, 0.717) is 4.90 Å². The van der Waals surface area contributed by atoms with Crippen LogP contribution in [0.3, 0.4) is 0 Å². The van der Waals surface area contributed by atoms with E-state index in [4.69, 9.17) is 23.2 Å². The highest BCUT2D eigenvalue weighted by molar-refractivity contribution is 6.34. The minimum Gasteiger partial charge on any atom is -0.274 e. The highest BCUT2D eigenvalue weighted by Gasteiger charge is 2.27. The normalized spacial score (nSPS) is 16.1. The lowest BCUT2D eigenvalue weighted by Gasteiger charge is -2.23. The second-order valence-corrected chi connectivity index (χ2v) is 4.02. The Kier molecular flexibility index (Phi) is 3.45. The second-order valence-electron chi connectivity index (χ2n) is 3.23. The first-order valence-electron chi connectivity index (χ1n) is 4.53. The van der Waals surface area contributed by atoms with Crippen molar-refractivity contribution >= 4 is 35.1 Å². The van der Waals surface area contributed by atoms with Gasteiger partial charge in [-0.05, 0) is 6.92 Å². The number of nitrogens with zero attached hydrogens (tertiary/aromatic N) is 4. The van der Waals surface area contributed by atoms with E-state index in [1.165, 1.54) is 6.92 Å². The predicted octanol–water partition coefficient (Wildman–Crippen LogP) is 3.19. The van der Waals surface area contributed by atoms with Crippen LogP contribution in [0.4, 0.5) is 19.0 Å². The molecule has 2 rings (SSSR count). The monoisotopic (exact) mass is 295 g/mol. The molecule has 1 aromatic rings. The van der Waals surface area contributed by atoms with Crippen LogP contribution in [0, 0.1) is 18.6 Å². The quantitative estimate of drug-likeness (QED) is 0.454. The average Bonchev–Trinajstić information content (AvgIpc) is 2.29. The molecule has 0 aliphatic carbocycles. The Labute approximate surface area is 110 Å². The van der Waals surface area contributed by atoms with Gasteiger partial charge in [0.25, 0.3) is 6.09 Å². The largest absolute Gasteiger partial charge is 0.313 e. The molecule has 4 nitrogen and oxygen atoms in total. The summed E-state index contributed by atoms with van der Waals surface area (Å²) >= 11 is 11.3. The molecule has 18 heavy (non-hydrogen) atoms. The van der Waals surface area contributed by atoms with Crippen molar-refractivity contribution in [3.63, 3.8) is 0 Å². The Morgan fingerprint density at radius 2 is 1.83 bits per heavy atom. The fourth-order valence-electron chi connectivity index (χ4n) is 1.20. The fraction of sp³-hybridized carbons (Fsp3) is 0.111. The van der Waals surface area contributed by atoms with Gasteiger partial charge in [-0.3, -0.25) is 4.90 Å². The zero-order valence-corrected chi connectivity index (χ0v) is 10.3. The molecule has 0 bridgehead atoms. The van der Waals surface area contributed by atoms with Crippen molar-refractivity contribution in [1.29, 1.82) is 0 Å². The third kappa shape index (κ3) is 2.28. The van der Waals surface area contributed by atoms with Crippen molar-refractivity contribution in [1.82, 2.24) is 9.97 Å². The van der Waals surface area contributed by atoms with Gasteiger partial charge in [0, 0.05) is 0 Å². The van der Waals surface area contributed by atoms with E-state index in [1.807, 2.05) is 0 Å². The van der Waals surface area contributed by atoms with E-state index in [1.54, 1.807) is 0 Å². The van der Waals surface area contributed by atoms with Gasteiger partial charge in [0.2, 0.25) is 5.95 Å². The number of hydrogen-bond donors (Lipinski definition) is 0. The zero-order chi connectivity index (χ0) is 13.4. The summed E-state index contributed by atoms with van der Waals surface area (Å²) in [6, 6.07) is 0. The molecule has 0 fully saturated rings. The molecular weight excluding hydrogens is 292 g/mol. The molecule has 1 aliphatic rings. The Hall–Kier alpha value is -1.34. The van der Waals surface area contributed by atoms with Gasteiger partial charge in [-0.2, -0.15) is 23.1 Å². The molecule has 2 heterocycles. The van der Waals surface area contributed by atoms with Crippen LogP contribution in [-0.4, -0.2) is 16.1 Å². The summed E-state index contributed by atoms with van der Waals surface area (Å²) in [6.45, 7) is 2.53. The first kappa shape index (κ1) is 13.1. The smallest absolute Gasteiger partial charge is 0.274 e. The summed E-state index contributed by atoms with van der Waals surface area (Å²) in [6.07, 6.45) is -2.44. The SMILES string of the molecule is CC1=C(Cl)[CH]N(c2nc(F)nc(F)c2Cl)C(F)=N1. The summed E-state index contributed by atoms with van der Waals surface area (Å²) in [5.41, 5.74) is 0.219. The summed E-state index contributed by atoms with van der Waals surface area (Å²) < 4.78 is 39.6. The third-order valence-corrected chi connectivity index (χ3v) is 2.74. The molecule has 1 radical (unpaired) electrons. The summed E-state index contributed by atoms with van der Waals surface area (Å²) in [5, 5.41) is -0.547. The van der Waals surface area contributed by atoms with Gasteiger partial charge in [-0.1, -0.05) is 23.2 Å². The lowest BCUT2D eigenvalue weighted by atomic mass is 10.3. The van der Waals surface area contributed by atoms with Crippen LogP contribution in [0.25, 0.3) is 0 Å². The Morgan fingerprint density at radius 1 is 1.17 bits per heavy atom. The van der Waals surface area contributed by atoms with E-state index in [0.717, 1.165) is 6.54 Å². The molecule has 0 amide bonds. The molecule has 0 saturated carbocycles. The van der Waals surface area contributed by atoms with Crippen molar-refractivity contribution in [2.75, 3.05) is 4.90 Å². The summed E-state index contributed by atoms with van der Waals surface area (Å²) in [7, 11) is 0. The topological polar surface area (TPSA) is 41.4 Å². The molecule has 0 atom stereocenters. The maximum Gasteiger partial charge on any atom is 0.313 e. The molecule has 9 heteroatoms. The van der Waals surface area contributed by atoms with Crippen LogP contribution in [0.5, 0.6) is 0 Å². The van der Waals surface area contributed by atoms with Crippen molar-refractivity contribution in [3.05, 3.63) is 34.3 Å². The fourth-order valence-corrected chi connectivity index (χ4v) is 1.51. The molecule has 1 aromatic heterocycles. The van der Waals surface area contributed by atoms with E-state index in [9.17, 15) is 13.2 Å². The van der Waals surface area contributed by atoms with Crippen LogP contribution in [0.15, 0.2) is 15.7 Å². The summed E-state index contributed by atoms with van der Waals surface area (Å²) in [5.74, 6) is -1.82. The zero-order valence-electron chi connectivity index (χ0n) is 8.76. The van der Waals surface area contributed by atoms with Crippen LogP contribution < -0.4 is 4.90 Å². The van der Waals surface area contributed by atoms with Crippen molar-refractivity contribution in [3.8, 4) is 0 Å². The Morgan fingerprint density at radius 3 is 2.50 bits per heavy atom. The average molecular weight is 296 g/mol. The van der Waals surface area contributed by atoms with E-state index >= 15 is 0 Å². The van der Waals surface area contributed by atoms with E-state index in [2.05, 4.69) is 15.0 Å². The Balaban J connectivity index is 2.49. The Bertz CT molecular complexity index is 573. The predicted molar refractivity (Wildman–Crippen MR) is 60.8 cm³/mol. The van der Waals surface area contributed by atoms with Gasteiger partial charge < -0.3 is 0 Å². The van der Waals surface area contributed by atoms with Gasteiger partial charge in [0.1, 0.15) is 11.6 Å². The van der Waals surface area contributed by atoms with Crippen molar-refractivity contribution in [2.24, 2.45) is 4.99 Å². The van der Waals surface area contributed by atoms with Gasteiger partial charge in [0.05, 0.1) is 10.7 Å². The highest BCUT2D eigenvalue weighted by Crippen LogP contribution is 2.32. The molecule has 95 valence electrons. The lowest BCUT2D eigenvalue weighted by molar-refractivity contribution is 0.483. The second kappa shape index (κ2) is 4.74. The number of amidine groups is 1. The van der Waals surface area contributed by atoms with Crippen LogP contribution >= 0.6 is 23.2 Å². The molecule has 0 N–H and O–H groups in total. The van der Waals surface area contributed by atoms with Gasteiger partial charge >= 0.3 is 6.08 Å². The first-order valence-corrected chi connectivity index (χ1v) is 5.29. The molecule has 0 aromatic carbocycles. The van der Waals surface area contributed by atoms with Gasteiger partial charge in [-0.25, -0.2) is 4.99 Å². The molecule has 0 unspecified atom stereocenters. The van der Waals surface area contributed by atoms with E-state index in [-0.39, 0.29) is 10.7 Å². The number of allylic oxidation sites excluding steroid dienone is 1. The van der Waals surface area contributed by atoms with Gasteiger partial charge in [0.15, 0.2) is 5.82 Å². The summed E-state index contributed by atoms with van der Waals surface area (Å²) in [4.78, 5) is 10.1. The van der Waals surface area contributed by atoms with E-state index < -0.39 is 29.0 Å². The number of anilines is 1. The molecule has 0 spiro atoms. The molecule has 0 saturated heterocycles. The van der Waals surface area contributed by atoms with Gasteiger partial charge in [-0.15, -0.1) is 0 Å². The maximum atomic E-state index is 13.6. The van der Waals surface area contributed by atoms with Crippen LogP contribution in [-0.2, 0) is 0 Å². The molecule has 1 aliphatic heterocycles. The lowest BCUT2D eigenvalue weighted by Crippen LogP contribution is -2.29. The van der Waals surface area contributed by atoms with Crippen LogP contribution in [0.1, 0.15) is 6.92 Å². The van der Waals surface area contributed by atoms with Crippen LogP contribution in [0.2, 0.25) is 5.02 Å².